The summed E-state index contributed by atoms with van der Waals surface area (Å²) in [5, 5.41) is 3.35. The second-order valence-corrected chi connectivity index (χ2v) is 8.06. The lowest BCUT2D eigenvalue weighted by Crippen LogP contribution is -2.44. The number of amides is 1. The Morgan fingerprint density at radius 3 is 2.63 bits per heavy atom. The van der Waals surface area contributed by atoms with Gasteiger partial charge >= 0.3 is 0 Å². The summed E-state index contributed by atoms with van der Waals surface area (Å²) in [6.45, 7) is 3.40. The van der Waals surface area contributed by atoms with Crippen molar-refractivity contribution in [3.8, 4) is 11.3 Å². The molecule has 0 radical (unpaired) electrons. The summed E-state index contributed by atoms with van der Waals surface area (Å²) in [4.78, 5) is 24.1. The first-order chi connectivity index (χ1) is 13.2. The van der Waals surface area contributed by atoms with Crippen LogP contribution >= 0.6 is 0 Å². The first-order valence-corrected chi connectivity index (χ1v) is 9.75. The fourth-order valence-electron chi connectivity index (χ4n) is 4.68. The summed E-state index contributed by atoms with van der Waals surface area (Å²) in [7, 11) is 0. The van der Waals surface area contributed by atoms with Gasteiger partial charge in [0.05, 0.1) is 11.1 Å². The van der Waals surface area contributed by atoms with Gasteiger partial charge in [-0.3, -0.25) is 4.79 Å². The highest BCUT2D eigenvalue weighted by Crippen LogP contribution is 2.56. The summed E-state index contributed by atoms with van der Waals surface area (Å²) in [5.74, 6) is 1.74. The average Bonchev–Trinajstić information content (AvgIpc) is 3.28. The minimum Gasteiger partial charge on any atom is -0.342 e. The third-order valence-corrected chi connectivity index (χ3v) is 6.45. The van der Waals surface area contributed by atoms with Gasteiger partial charge in [-0.1, -0.05) is 0 Å². The number of carbonyl (C=O) groups excluding carboxylic acids is 1. The Hall–Kier alpha value is -2.34. The molecule has 0 spiro atoms. The molecule has 27 heavy (non-hydrogen) atoms. The number of likely N-dealkylation sites (tertiary alicyclic amines) is 1. The van der Waals surface area contributed by atoms with E-state index in [1.807, 2.05) is 11.0 Å². The standard InChI is InChI=1S/C21H23FN4O/c22-17-3-1-14(2-4-17)18-5-8-24-19(25-18)15-6-9-26(10-7-15)20(27)21-11-16(21)12-23-13-21/h1-5,8,15-16,23H,6-7,9-13H2/t16-,21-/m0/s1. The number of hydrogen-bond acceptors (Lipinski definition) is 4. The molecule has 5 nitrogen and oxygen atoms in total. The molecule has 2 saturated heterocycles. The van der Waals surface area contributed by atoms with E-state index >= 15 is 0 Å². The molecule has 3 heterocycles. The zero-order valence-electron chi connectivity index (χ0n) is 15.2. The van der Waals surface area contributed by atoms with E-state index < -0.39 is 0 Å². The molecule has 1 saturated carbocycles. The molecule has 2 aliphatic heterocycles. The zero-order chi connectivity index (χ0) is 18.4. The van der Waals surface area contributed by atoms with Crippen LogP contribution in [-0.2, 0) is 4.79 Å². The van der Waals surface area contributed by atoms with Crippen molar-refractivity contribution in [1.29, 1.82) is 0 Å². The van der Waals surface area contributed by atoms with Gasteiger partial charge in [0.15, 0.2) is 0 Å². The van der Waals surface area contributed by atoms with Crippen LogP contribution in [0.5, 0.6) is 0 Å². The third kappa shape index (κ3) is 2.92. The predicted octanol–water partition coefficient (Wildman–Crippen LogP) is 2.60. The van der Waals surface area contributed by atoms with Gasteiger partial charge in [0.1, 0.15) is 11.6 Å². The van der Waals surface area contributed by atoms with Crippen molar-refractivity contribution in [3.05, 3.63) is 48.2 Å². The minimum atomic E-state index is -0.250. The monoisotopic (exact) mass is 366 g/mol. The van der Waals surface area contributed by atoms with E-state index in [4.69, 9.17) is 4.98 Å². The third-order valence-electron chi connectivity index (χ3n) is 6.45. The first-order valence-electron chi connectivity index (χ1n) is 9.75. The average molecular weight is 366 g/mol. The molecular formula is C21H23FN4O. The number of halogens is 1. The van der Waals surface area contributed by atoms with Crippen LogP contribution in [0.3, 0.4) is 0 Å². The molecule has 1 aliphatic carbocycles. The van der Waals surface area contributed by atoms with Gasteiger partial charge in [-0.15, -0.1) is 0 Å². The molecular weight excluding hydrogens is 343 g/mol. The Morgan fingerprint density at radius 1 is 1.19 bits per heavy atom. The van der Waals surface area contributed by atoms with Gasteiger partial charge in [-0.05, 0) is 62.1 Å². The van der Waals surface area contributed by atoms with Gasteiger partial charge in [0.25, 0.3) is 0 Å². The highest BCUT2D eigenvalue weighted by molar-refractivity contribution is 5.87. The number of piperidine rings is 2. The maximum Gasteiger partial charge on any atom is 0.230 e. The number of aromatic nitrogens is 2. The van der Waals surface area contributed by atoms with Gasteiger partial charge in [-0.2, -0.15) is 0 Å². The number of nitrogens with one attached hydrogen (secondary N) is 1. The van der Waals surface area contributed by atoms with Crippen LogP contribution in [0.1, 0.15) is 31.0 Å². The van der Waals surface area contributed by atoms with Crippen molar-refractivity contribution < 1.29 is 9.18 Å². The molecule has 1 amide bonds. The molecule has 2 atom stereocenters. The fraction of sp³-hybridized carbons (Fsp3) is 0.476. The highest BCUT2D eigenvalue weighted by atomic mass is 19.1. The second-order valence-electron chi connectivity index (χ2n) is 8.06. The Kier molecular flexibility index (Phi) is 3.97. The van der Waals surface area contributed by atoms with Gasteiger partial charge in [0.2, 0.25) is 5.91 Å². The molecule has 3 fully saturated rings. The molecule has 0 bridgehead atoms. The zero-order valence-corrected chi connectivity index (χ0v) is 15.2. The number of benzene rings is 1. The maximum absolute atomic E-state index is 13.1. The fourth-order valence-corrected chi connectivity index (χ4v) is 4.68. The van der Waals surface area contributed by atoms with E-state index in [0.29, 0.717) is 11.8 Å². The number of fused-ring (bicyclic) bond motifs is 1. The highest BCUT2D eigenvalue weighted by Gasteiger charge is 2.63. The summed E-state index contributed by atoms with van der Waals surface area (Å²) in [6.07, 6.45) is 4.62. The summed E-state index contributed by atoms with van der Waals surface area (Å²) in [5.41, 5.74) is 1.61. The van der Waals surface area contributed by atoms with Crippen LogP contribution in [-0.4, -0.2) is 47.0 Å². The lowest BCUT2D eigenvalue weighted by atomic mass is 9.94. The summed E-state index contributed by atoms with van der Waals surface area (Å²) in [6, 6.07) is 8.23. The van der Waals surface area contributed by atoms with Gasteiger partial charge in [-0.25, -0.2) is 14.4 Å². The minimum absolute atomic E-state index is 0.0914. The second kappa shape index (κ2) is 6.37. The molecule has 1 N–H and O–H groups in total. The lowest BCUT2D eigenvalue weighted by Gasteiger charge is -2.33. The molecule has 3 aliphatic rings. The summed E-state index contributed by atoms with van der Waals surface area (Å²) >= 11 is 0. The molecule has 1 aromatic carbocycles. The molecule has 6 heteroatoms. The largest absolute Gasteiger partial charge is 0.342 e. The Balaban J connectivity index is 1.26. The first kappa shape index (κ1) is 16.8. The van der Waals surface area contributed by atoms with E-state index in [1.165, 1.54) is 12.1 Å². The SMILES string of the molecule is O=C(N1CCC(c2nccc(-c3ccc(F)cc3)n2)CC1)[C@@]12CNC[C@@H]1C2. The van der Waals surface area contributed by atoms with E-state index in [2.05, 4.69) is 10.3 Å². The molecule has 1 aromatic heterocycles. The number of nitrogens with zero attached hydrogens (tertiary/aromatic N) is 3. The van der Waals surface area contributed by atoms with Gasteiger partial charge in [0, 0.05) is 37.3 Å². The predicted molar refractivity (Wildman–Crippen MR) is 99.4 cm³/mol. The molecule has 140 valence electrons. The van der Waals surface area contributed by atoms with Crippen LogP contribution in [0.15, 0.2) is 36.5 Å². The molecule has 2 aromatic rings. The Morgan fingerprint density at radius 2 is 1.96 bits per heavy atom. The summed E-state index contributed by atoms with van der Waals surface area (Å²) < 4.78 is 13.1. The topological polar surface area (TPSA) is 58.1 Å². The number of carbonyl (C=O) groups is 1. The Bertz CT molecular complexity index is 863. The maximum atomic E-state index is 13.1. The van der Waals surface area contributed by atoms with Crippen LogP contribution in [0.2, 0.25) is 0 Å². The number of hydrogen-bond donors (Lipinski definition) is 1. The van der Waals surface area contributed by atoms with Crippen molar-refractivity contribution in [2.75, 3.05) is 26.2 Å². The van der Waals surface area contributed by atoms with Gasteiger partial charge < -0.3 is 10.2 Å². The van der Waals surface area contributed by atoms with Crippen LogP contribution in [0.4, 0.5) is 4.39 Å². The van der Waals surface area contributed by atoms with Crippen molar-refractivity contribution in [1.82, 2.24) is 20.2 Å². The van der Waals surface area contributed by atoms with Crippen molar-refractivity contribution >= 4 is 5.91 Å². The van der Waals surface area contributed by atoms with E-state index in [9.17, 15) is 9.18 Å². The number of rotatable bonds is 3. The van der Waals surface area contributed by atoms with Crippen LogP contribution in [0, 0.1) is 17.2 Å². The quantitative estimate of drug-likeness (QED) is 0.907. The molecule has 5 rings (SSSR count). The van der Waals surface area contributed by atoms with E-state index in [1.54, 1.807) is 18.3 Å². The van der Waals surface area contributed by atoms with Crippen LogP contribution in [0.25, 0.3) is 11.3 Å². The van der Waals surface area contributed by atoms with Crippen molar-refractivity contribution in [2.24, 2.45) is 11.3 Å². The normalized spacial score (nSPS) is 27.4. The smallest absolute Gasteiger partial charge is 0.230 e. The van der Waals surface area contributed by atoms with E-state index in [0.717, 1.165) is 62.5 Å². The van der Waals surface area contributed by atoms with Crippen molar-refractivity contribution in [3.63, 3.8) is 0 Å². The Labute approximate surface area is 158 Å². The lowest BCUT2D eigenvalue weighted by molar-refractivity contribution is -0.137. The van der Waals surface area contributed by atoms with E-state index in [-0.39, 0.29) is 17.2 Å². The van der Waals surface area contributed by atoms with Crippen LogP contribution < -0.4 is 5.32 Å². The van der Waals surface area contributed by atoms with Crippen molar-refractivity contribution in [2.45, 2.75) is 25.2 Å². The molecule has 0 unspecified atom stereocenters.